The molecule has 0 aliphatic heterocycles. The van der Waals surface area contributed by atoms with Gasteiger partial charge in [-0.3, -0.25) is 0 Å². The minimum absolute atomic E-state index is 0. The smallest absolute Gasteiger partial charge is 0 e. The Morgan fingerprint density at radius 3 is 2.10 bits per heavy atom. The Morgan fingerprint density at radius 2 is 1.39 bits per heavy atom. The van der Waals surface area contributed by atoms with Crippen LogP contribution in [0.5, 0.6) is 0 Å². The first-order valence-corrected chi connectivity index (χ1v) is 25.3. The first-order chi connectivity index (χ1) is 24.3. The molecule has 8 aromatic rings. The molecule has 1 unspecified atom stereocenters. The van der Waals surface area contributed by atoms with Gasteiger partial charge in [0.05, 0.1) is 0 Å². The zero-order valence-corrected chi connectivity index (χ0v) is 34.9. The van der Waals surface area contributed by atoms with E-state index in [-0.39, 0.29) is 20.1 Å². The molecule has 3 heterocycles. The van der Waals surface area contributed by atoms with Crippen LogP contribution in [0.3, 0.4) is 0 Å². The number of aromatic nitrogens is 2. The van der Waals surface area contributed by atoms with Crippen LogP contribution in [0.2, 0.25) is 17.3 Å². The van der Waals surface area contributed by atoms with Crippen molar-refractivity contribution < 1.29 is 20.1 Å². The Balaban J connectivity index is 0.000000211. The van der Waals surface area contributed by atoms with Gasteiger partial charge in [-0.25, -0.2) is 0 Å². The van der Waals surface area contributed by atoms with Gasteiger partial charge in [0.2, 0.25) is 0 Å². The van der Waals surface area contributed by atoms with Crippen molar-refractivity contribution in [3.05, 3.63) is 175 Å². The van der Waals surface area contributed by atoms with Gasteiger partial charge in [0, 0.05) is 36.9 Å². The molecular weight excluding hydrogens is 877 g/mol. The molecule has 0 amide bonds. The van der Waals surface area contributed by atoms with Gasteiger partial charge in [0.15, 0.2) is 0 Å². The maximum Gasteiger partial charge on any atom is 0 e. The van der Waals surface area contributed by atoms with E-state index in [0.29, 0.717) is 5.92 Å². The third kappa shape index (κ3) is 8.16. The van der Waals surface area contributed by atoms with Gasteiger partial charge in [0.1, 0.15) is 0 Å². The number of rotatable bonds is 6. The van der Waals surface area contributed by atoms with Crippen molar-refractivity contribution in [3.63, 3.8) is 0 Å². The summed E-state index contributed by atoms with van der Waals surface area (Å²) in [6.45, 7) is 4.45. The minimum Gasteiger partial charge on any atom is 0 e. The summed E-state index contributed by atoms with van der Waals surface area (Å²) in [4.78, 5) is 9.34. The maximum absolute atomic E-state index is 4.75. The zero-order chi connectivity index (χ0) is 34.7. The van der Waals surface area contributed by atoms with E-state index in [2.05, 4.69) is 164 Å². The normalized spacial score (nSPS) is 11.8. The maximum atomic E-state index is 4.75. The topological polar surface area (TPSA) is 25.8 Å². The Hall–Kier alpha value is -4.19. The molecule has 5 heteroatoms. The minimum atomic E-state index is -1.77. The molecule has 0 bridgehead atoms. The van der Waals surface area contributed by atoms with Gasteiger partial charge in [-0.1, -0.05) is 85.1 Å². The van der Waals surface area contributed by atoms with E-state index in [1.54, 1.807) is 0 Å². The van der Waals surface area contributed by atoms with Crippen molar-refractivity contribution in [2.75, 3.05) is 0 Å². The molecular formula is C46H40GeIrN2S-2. The van der Waals surface area contributed by atoms with Crippen LogP contribution < -0.4 is 4.40 Å². The quantitative estimate of drug-likeness (QED) is 0.123. The van der Waals surface area contributed by atoms with Crippen molar-refractivity contribution in [1.82, 2.24) is 9.97 Å². The number of fused-ring (bicyclic) bond motifs is 3. The van der Waals surface area contributed by atoms with E-state index in [1.165, 1.54) is 52.4 Å². The van der Waals surface area contributed by atoms with Crippen molar-refractivity contribution in [1.29, 1.82) is 0 Å². The summed E-state index contributed by atoms with van der Waals surface area (Å²) >= 11 is 0.0538. The summed E-state index contributed by atoms with van der Waals surface area (Å²) in [5.74, 6) is 7.51. The molecule has 2 nitrogen and oxygen atoms in total. The van der Waals surface area contributed by atoms with Gasteiger partial charge in [-0.2, -0.15) is 11.3 Å². The fourth-order valence-electron chi connectivity index (χ4n) is 6.57. The first-order valence-electron chi connectivity index (χ1n) is 17.1. The molecule has 0 fully saturated rings. The van der Waals surface area contributed by atoms with E-state index in [4.69, 9.17) is 4.98 Å². The summed E-state index contributed by atoms with van der Waals surface area (Å²) in [6.07, 6.45) is 4.00. The Bertz CT molecular complexity index is 2380. The van der Waals surface area contributed by atoms with Crippen molar-refractivity contribution in [2.45, 2.75) is 37.0 Å². The summed E-state index contributed by atoms with van der Waals surface area (Å²) in [5, 5.41) is 2.56. The van der Waals surface area contributed by atoms with Crippen molar-refractivity contribution in [3.8, 4) is 33.6 Å². The number of pyridine rings is 2. The van der Waals surface area contributed by atoms with Gasteiger partial charge in [-0.15, -0.1) is 23.8 Å². The molecule has 0 spiro atoms. The zero-order valence-electron chi connectivity index (χ0n) is 29.6. The summed E-state index contributed by atoms with van der Waals surface area (Å²) in [5.41, 5.74) is 10.6. The second kappa shape index (κ2) is 16.0. The molecule has 255 valence electrons. The number of hydrogen-bond donors (Lipinski definition) is 0. The van der Waals surface area contributed by atoms with E-state index >= 15 is 0 Å². The van der Waals surface area contributed by atoms with Crippen LogP contribution in [-0.4, -0.2) is 23.2 Å². The van der Waals surface area contributed by atoms with Gasteiger partial charge in [-0.05, 0) is 56.2 Å². The molecule has 0 aliphatic rings. The SMILES string of the molecule is CC(c1ccccc1)c1ccnc(-c2[c-]ccc3c2sc2ccc(-c4ccccc4)cc23)c1.Cc1cc(-c2[c-]cccc2)nc[c]1[Ge]([CH3])([CH3])[CH3].[Ir]. The van der Waals surface area contributed by atoms with Crippen LogP contribution in [0.4, 0.5) is 0 Å². The van der Waals surface area contributed by atoms with Crippen LogP contribution in [0.25, 0.3) is 53.8 Å². The second-order valence-electron chi connectivity index (χ2n) is 13.8. The van der Waals surface area contributed by atoms with Gasteiger partial charge < -0.3 is 4.98 Å². The molecule has 1 radical (unpaired) electrons. The number of benzene rings is 5. The van der Waals surface area contributed by atoms with E-state index in [9.17, 15) is 0 Å². The number of nitrogens with zero attached hydrogens (tertiary/aromatic N) is 2. The van der Waals surface area contributed by atoms with Crippen LogP contribution in [0.1, 0.15) is 29.5 Å². The van der Waals surface area contributed by atoms with Crippen LogP contribution in [0.15, 0.2) is 146 Å². The largest absolute Gasteiger partial charge is 0 e. The summed E-state index contributed by atoms with van der Waals surface area (Å²) < 4.78 is 4.03. The van der Waals surface area contributed by atoms with Crippen molar-refractivity contribution >= 4 is 49.2 Å². The molecule has 0 saturated carbocycles. The Kier molecular flexibility index (Phi) is 11.5. The second-order valence-corrected chi connectivity index (χ2v) is 25.4. The van der Waals surface area contributed by atoms with Crippen LogP contribution in [0, 0.1) is 19.1 Å². The monoisotopic (exact) mass is 919 g/mol. The molecule has 5 aromatic carbocycles. The average Bonchev–Trinajstić information content (AvgIpc) is 3.54. The Labute approximate surface area is 322 Å². The van der Waals surface area contributed by atoms with Crippen LogP contribution in [-0.2, 0) is 20.1 Å². The van der Waals surface area contributed by atoms with Gasteiger partial charge in [0.25, 0.3) is 0 Å². The van der Waals surface area contributed by atoms with Gasteiger partial charge >= 0.3 is 106 Å². The molecule has 1 atom stereocenters. The molecule has 0 aliphatic carbocycles. The fraction of sp³-hybridized carbons (Fsp3) is 0.130. The van der Waals surface area contributed by atoms with Crippen molar-refractivity contribution in [2.24, 2.45) is 0 Å². The van der Waals surface area contributed by atoms with E-state index < -0.39 is 13.3 Å². The van der Waals surface area contributed by atoms with Crippen LogP contribution >= 0.6 is 11.3 Å². The molecule has 8 rings (SSSR count). The molecule has 3 aromatic heterocycles. The standard InChI is InChI=1S/C31H22NS.C15H18GeN.Ir/c1-21(22-9-4-2-5-10-22)24-17-18-32-29(20-24)27-14-8-13-26-28-19-25(23-11-6-3-7-12-23)15-16-30(28)33-31(26)27;1-12-10-15(13-8-6-5-7-9-13)17-11-14(12)16(2,3)4;/h2-13,15-21H,1H3;5-8,10-11H,1-4H3;/q2*-1;. The van der Waals surface area contributed by atoms with E-state index in [1.807, 2.05) is 41.8 Å². The molecule has 0 N–H and O–H groups in total. The molecule has 51 heavy (non-hydrogen) atoms. The first kappa shape index (κ1) is 36.6. The Morgan fingerprint density at radius 1 is 0.647 bits per heavy atom. The predicted molar refractivity (Wildman–Crippen MR) is 217 cm³/mol. The summed E-state index contributed by atoms with van der Waals surface area (Å²) in [6, 6.07) is 53.5. The summed E-state index contributed by atoms with van der Waals surface area (Å²) in [7, 11) is 0. The average molecular weight is 918 g/mol. The third-order valence-corrected chi connectivity index (χ3v) is 15.0. The molecule has 0 saturated heterocycles. The van der Waals surface area contributed by atoms with E-state index in [0.717, 1.165) is 22.5 Å². The number of hydrogen-bond acceptors (Lipinski definition) is 3. The fourth-order valence-corrected chi connectivity index (χ4v) is 11.3. The number of aryl methyl sites for hydroxylation is 1. The third-order valence-electron chi connectivity index (χ3n) is 9.28. The number of thiophene rings is 1. The predicted octanol–water partition coefficient (Wildman–Crippen LogP) is 12.1.